The summed E-state index contributed by atoms with van der Waals surface area (Å²) in [5.41, 5.74) is 2.67. The Kier molecular flexibility index (Phi) is 3.09. The molecule has 4 nitrogen and oxygen atoms in total. The smallest absolute Gasteiger partial charge is 0.212 e. The second kappa shape index (κ2) is 4.90. The molecule has 0 aliphatic carbocycles. The van der Waals surface area contributed by atoms with Crippen LogP contribution in [0.25, 0.3) is 0 Å². The van der Waals surface area contributed by atoms with Crippen LogP contribution < -0.4 is 9.47 Å². The van der Waals surface area contributed by atoms with Crippen LogP contribution in [0.2, 0.25) is 0 Å². The first-order valence-electron chi connectivity index (χ1n) is 6.22. The quantitative estimate of drug-likeness (QED) is 0.915. The first kappa shape index (κ1) is 12.0. The lowest BCUT2D eigenvalue weighted by Crippen LogP contribution is -2.03. The zero-order valence-corrected chi connectivity index (χ0v) is 10.7. The normalized spacial score (nSPS) is 14.6. The number of benzene rings is 1. The molecule has 0 radical (unpaired) electrons. The summed E-state index contributed by atoms with van der Waals surface area (Å²) >= 11 is 0. The summed E-state index contributed by atoms with van der Waals surface area (Å²) in [5.74, 6) is 1.34. The van der Waals surface area contributed by atoms with Crippen LogP contribution in [0.3, 0.4) is 0 Å². The SMILES string of the molecule is COc1ccc(C(O)c2cccc3c2OCC3)cn1. The fraction of sp³-hybridized carbons (Fsp3) is 0.267. The maximum atomic E-state index is 10.5. The van der Waals surface area contributed by atoms with Gasteiger partial charge in [0.05, 0.1) is 13.7 Å². The van der Waals surface area contributed by atoms with Gasteiger partial charge in [-0.2, -0.15) is 0 Å². The summed E-state index contributed by atoms with van der Waals surface area (Å²) in [4.78, 5) is 4.11. The summed E-state index contributed by atoms with van der Waals surface area (Å²) in [5, 5.41) is 10.5. The second-order valence-corrected chi connectivity index (χ2v) is 4.47. The first-order chi connectivity index (χ1) is 9.29. The molecule has 0 amide bonds. The van der Waals surface area contributed by atoms with Gasteiger partial charge in [-0.05, 0) is 11.6 Å². The van der Waals surface area contributed by atoms with E-state index in [4.69, 9.17) is 9.47 Å². The highest BCUT2D eigenvalue weighted by atomic mass is 16.5. The van der Waals surface area contributed by atoms with Crippen LogP contribution in [0.5, 0.6) is 11.6 Å². The molecule has 0 bridgehead atoms. The molecule has 1 atom stereocenters. The molecule has 2 heterocycles. The van der Waals surface area contributed by atoms with E-state index in [-0.39, 0.29) is 0 Å². The average molecular weight is 257 g/mol. The minimum atomic E-state index is -0.730. The molecule has 3 rings (SSSR count). The molecule has 1 aliphatic rings. The number of rotatable bonds is 3. The van der Waals surface area contributed by atoms with E-state index in [1.807, 2.05) is 24.3 Å². The van der Waals surface area contributed by atoms with Gasteiger partial charge >= 0.3 is 0 Å². The number of pyridine rings is 1. The molecule has 19 heavy (non-hydrogen) atoms. The number of methoxy groups -OCH3 is 1. The Bertz CT molecular complexity index is 580. The molecule has 0 spiro atoms. The maximum absolute atomic E-state index is 10.5. The highest BCUT2D eigenvalue weighted by Crippen LogP contribution is 2.36. The lowest BCUT2D eigenvalue weighted by molar-refractivity contribution is 0.213. The van der Waals surface area contributed by atoms with Gasteiger partial charge in [0.25, 0.3) is 0 Å². The standard InChI is InChI=1S/C15H15NO3/c1-18-13-6-5-11(9-16-13)14(17)12-4-2-3-10-7-8-19-15(10)12/h2-6,9,14,17H,7-8H2,1H3. The Labute approximate surface area is 111 Å². The van der Waals surface area contributed by atoms with Crippen molar-refractivity contribution in [2.75, 3.05) is 13.7 Å². The topological polar surface area (TPSA) is 51.6 Å². The molecule has 1 aliphatic heterocycles. The van der Waals surface area contributed by atoms with Crippen LogP contribution in [-0.2, 0) is 6.42 Å². The predicted molar refractivity (Wildman–Crippen MR) is 70.5 cm³/mol. The van der Waals surface area contributed by atoms with Gasteiger partial charge in [0.2, 0.25) is 5.88 Å². The van der Waals surface area contributed by atoms with Crippen molar-refractivity contribution in [2.24, 2.45) is 0 Å². The molecule has 2 aromatic rings. The highest BCUT2D eigenvalue weighted by Gasteiger charge is 2.21. The van der Waals surface area contributed by atoms with Crippen molar-refractivity contribution >= 4 is 0 Å². The third-order valence-electron chi connectivity index (χ3n) is 3.32. The van der Waals surface area contributed by atoms with E-state index in [1.54, 1.807) is 19.4 Å². The largest absolute Gasteiger partial charge is 0.493 e. The average Bonchev–Trinajstić information content (AvgIpc) is 2.95. The molecule has 0 saturated carbocycles. The van der Waals surface area contributed by atoms with Crippen molar-refractivity contribution in [3.63, 3.8) is 0 Å². The molecule has 1 N–H and O–H groups in total. The van der Waals surface area contributed by atoms with Gasteiger partial charge in [-0.15, -0.1) is 0 Å². The Morgan fingerprint density at radius 2 is 2.21 bits per heavy atom. The van der Waals surface area contributed by atoms with Crippen LogP contribution in [0, 0.1) is 0 Å². The summed E-state index contributed by atoms with van der Waals surface area (Å²) < 4.78 is 10.6. The van der Waals surface area contributed by atoms with Crippen molar-refractivity contribution in [3.05, 3.63) is 53.2 Å². The van der Waals surface area contributed by atoms with Crippen LogP contribution in [0.4, 0.5) is 0 Å². The van der Waals surface area contributed by atoms with Gasteiger partial charge < -0.3 is 14.6 Å². The van der Waals surface area contributed by atoms with Gasteiger partial charge in [0.15, 0.2) is 0 Å². The molecule has 98 valence electrons. The van der Waals surface area contributed by atoms with E-state index in [9.17, 15) is 5.11 Å². The Hall–Kier alpha value is -2.07. The van der Waals surface area contributed by atoms with Crippen LogP contribution in [0.15, 0.2) is 36.5 Å². The van der Waals surface area contributed by atoms with Crippen molar-refractivity contribution in [1.82, 2.24) is 4.98 Å². The summed E-state index contributed by atoms with van der Waals surface area (Å²) in [6, 6.07) is 9.42. The summed E-state index contributed by atoms with van der Waals surface area (Å²) in [6.45, 7) is 0.680. The van der Waals surface area contributed by atoms with Crippen LogP contribution in [-0.4, -0.2) is 23.8 Å². The Morgan fingerprint density at radius 1 is 1.32 bits per heavy atom. The van der Waals surface area contributed by atoms with E-state index in [1.165, 1.54) is 0 Å². The van der Waals surface area contributed by atoms with E-state index in [0.29, 0.717) is 12.5 Å². The van der Waals surface area contributed by atoms with Gasteiger partial charge in [-0.25, -0.2) is 4.98 Å². The number of nitrogens with zero attached hydrogens (tertiary/aromatic N) is 1. The second-order valence-electron chi connectivity index (χ2n) is 4.47. The number of aliphatic hydroxyl groups excluding tert-OH is 1. The van der Waals surface area contributed by atoms with E-state index < -0.39 is 6.10 Å². The van der Waals surface area contributed by atoms with Crippen molar-refractivity contribution < 1.29 is 14.6 Å². The van der Waals surface area contributed by atoms with Gasteiger partial charge in [-0.3, -0.25) is 0 Å². The summed E-state index contributed by atoms with van der Waals surface area (Å²) in [6.07, 6.45) is 1.79. The predicted octanol–water partition coefficient (Wildman–Crippen LogP) is 2.11. The monoisotopic (exact) mass is 257 g/mol. The van der Waals surface area contributed by atoms with Gasteiger partial charge in [0.1, 0.15) is 11.9 Å². The third-order valence-corrected chi connectivity index (χ3v) is 3.32. The van der Waals surface area contributed by atoms with Crippen molar-refractivity contribution in [1.29, 1.82) is 0 Å². The zero-order chi connectivity index (χ0) is 13.2. The molecule has 1 unspecified atom stereocenters. The molecule has 0 saturated heterocycles. The van der Waals surface area contributed by atoms with Gasteiger partial charge in [0, 0.05) is 29.8 Å². The third kappa shape index (κ3) is 2.15. The van der Waals surface area contributed by atoms with E-state index in [2.05, 4.69) is 4.98 Å². The maximum Gasteiger partial charge on any atom is 0.212 e. The van der Waals surface area contributed by atoms with Crippen molar-refractivity contribution in [3.8, 4) is 11.6 Å². The number of hydrogen-bond acceptors (Lipinski definition) is 4. The van der Waals surface area contributed by atoms with E-state index in [0.717, 1.165) is 28.9 Å². The van der Waals surface area contributed by atoms with Crippen LogP contribution >= 0.6 is 0 Å². The van der Waals surface area contributed by atoms with E-state index >= 15 is 0 Å². The van der Waals surface area contributed by atoms with Gasteiger partial charge in [-0.1, -0.05) is 18.2 Å². The minimum Gasteiger partial charge on any atom is -0.493 e. The van der Waals surface area contributed by atoms with Crippen molar-refractivity contribution in [2.45, 2.75) is 12.5 Å². The molecular formula is C15H15NO3. The zero-order valence-electron chi connectivity index (χ0n) is 10.7. The lowest BCUT2D eigenvalue weighted by atomic mass is 9.99. The lowest BCUT2D eigenvalue weighted by Gasteiger charge is -2.14. The molecule has 0 fully saturated rings. The van der Waals surface area contributed by atoms with Crippen LogP contribution in [0.1, 0.15) is 22.8 Å². The summed E-state index contributed by atoms with van der Waals surface area (Å²) in [7, 11) is 1.57. The number of aromatic nitrogens is 1. The minimum absolute atomic E-state index is 0.533. The number of hydrogen-bond donors (Lipinski definition) is 1. The fourth-order valence-corrected chi connectivity index (χ4v) is 2.31. The number of aliphatic hydroxyl groups is 1. The highest BCUT2D eigenvalue weighted by molar-refractivity contribution is 5.47. The Balaban J connectivity index is 1.95. The molecule has 4 heteroatoms. The number of para-hydroxylation sites is 1. The molecule has 1 aromatic carbocycles. The number of fused-ring (bicyclic) bond motifs is 1. The first-order valence-corrected chi connectivity index (χ1v) is 6.22. The molecular weight excluding hydrogens is 242 g/mol. The Morgan fingerprint density at radius 3 is 2.95 bits per heavy atom. The number of ether oxygens (including phenoxy) is 2. The molecule has 1 aromatic heterocycles. The fourth-order valence-electron chi connectivity index (χ4n) is 2.31.